The minimum atomic E-state index is 0.0265. The number of rotatable bonds is 6. The van der Waals surface area contributed by atoms with Crippen LogP contribution in [0.3, 0.4) is 0 Å². The lowest BCUT2D eigenvalue weighted by Crippen LogP contribution is -2.59. The number of hydrogen-bond donors (Lipinski definition) is 1. The van der Waals surface area contributed by atoms with Crippen LogP contribution in [0.25, 0.3) is 0 Å². The molecule has 0 heterocycles. The average Bonchev–Trinajstić information content (AvgIpc) is 2.40. The highest BCUT2D eigenvalue weighted by atomic mass is 79.9. The van der Waals surface area contributed by atoms with Gasteiger partial charge in [0, 0.05) is 23.5 Å². The molecular formula is C16H24BrNO2. The first-order chi connectivity index (χ1) is 9.52. The fraction of sp³-hybridized carbons (Fsp3) is 0.625. The summed E-state index contributed by atoms with van der Waals surface area (Å²) in [6, 6.07) is 6.27. The third-order valence-corrected chi connectivity index (χ3v) is 4.17. The normalized spacial score (nSPS) is 25.6. The van der Waals surface area contributed by atoms with Gasteiger partial charge in [-0.3, -0.25) is 0 Å². The number of hydrogen-bond acceptors (Lipinski definition) is 3. The van der Waals surface area contributed by atoms with Crippen molar-refractivity contribution in [3.8, 4) is 5.75 Å². The van der Waals surface area contributed by atoms with Gasteiger partial charge in [0.1, 0.15) is 18.0 Å². The average molecular weight is 342 g/mol. The molecule has 1 fully saturated rings. The van der Waals surface area contributed by atoms with Crippen LogP contribution >= 0.6 is 15.9 Å². The van der Waals surface area contributed by atoms with E-state index in [2.05, 4.69) is 42.8 Å². The van der Waals surface area contributed by atoms with Gasteiger partial charge in [0.05, 0.1) is 0 Å². The van der Waals surface area contributed by atoms with Gasteiger partial charge in [0.25, 0.3) is 0 Å². The van der Waals surface area contributed by atoms with E-state index in [1.807, 2.05) is 12.1 Å². The third-order valence-electron chi connectivity index (χ3n) is 3.68. The fourth-order valence-corrected chi connectivity index (χ4v) is 2.84. The predicted octanol–water partition coefficient (Wildman–Crippen LogP) is 3.85. The number of ether oxygens (including phenoxy) is 2. The summed E-state index contributed by atoms with van der Waals surface area (Å²) in [5.41, 5.74) is 7.23. The summed E-state index contributed by atoms with van der Waals surface area (Å²) >= 11 is 3.52. The van der Waals surface area contributed by atoms with Gasteiger partial charge in [-0.05, 0) is 36.1 Å². The summed E-state index contributed by atoms with van der Waals surface area (Å²) < 4.78 is 13.0. The number of nitrogens with two attached hydrogens (primary N) is 1. The molecule has 2 N–H and O–H groups in total. The van der Waals surface area contributed by atoms with Gasteiger partial charge >= 0.3 is 0 Å². The summed E-state index contributed by atoms with van der Waals surface area (Å²) in [4.78, 5) is 0. The fourth-order valence-electron chi connectivity index (χ4n) is 2.46. The van der Waals surface area contributed by atoms with Crippen molar-refractivity contribution in [1.82, 2.24) is 0 Å². The molecule has 1 aliphatic rings. The first-order valence-corrected chi connectivity index (χ1v) is 8.15. The van der Waals surface area contributed by atoms with E-state index in [0.29, 0.717) is 5.92 Å². The highest BCUT2D eigenvalue weighted by molar-refractivity contribution is 9.10. The zero-order chi connectivity index (χ0) is 14.7. The van der Waals surface area contributed by atoms with Gasteiger partial charge in [0.15, 0.2) is 0 Å². The minimum absolute atomic E-state index is 0.0265. The Labute approximate surface area is 130 Å². The zero-order valence-electron chi connectivity index (χ0n) is 12.4. The van der Waals surface area contributed by atoms with Crippen LogP contribution in [0.1, 0.15) is 45.1 Å². The van der Waals surface area contributed by atoms with E-state index in [1.165, 1.54) is 5.56 Å². The Morgan fingerprint density at radius 3 is 2.75 bits per heavy atom. The second-order valence-electron chi connectivity index (χ2n) is 5.73. The largest absolute Gasteiger partial charge is 0.487 e. The molecule has 20 heavy (non-hydrogen) atoms. The van der Waals surface area contributed by atoms with E-state index in [-0.39, 0.29) is 18.2 Å². The Bertz CT molecular complexity index is 450. The molecule has 0 radical (unpaired) electrons. The lowest BCUT2D eigenvalue weighted by molar-refractivity contribution is -0.0982. The molecule has 1 aromatic rings. The lowest BCUT2D eigenvalue weighted by atomic mass is 9.86. The number of halogens is 1. The number of benzene rings is 1. The summed E-state index contributed by atoms with van der Waals surface area (Å²) in [5, 5.41) is 0. The first-order valence-electron chi connectivity index (χ1n) is 7.36. The van der Waals surface area contributed by atoms with Crippen LogP contribution in [0.5, 0.6) is 5.75 Å². The molecule has 1 saturated carbocycles. The van der Waals surface area contributed by atoms with Gasteiger partial charge in [-0.25, -0.2) is 0 Å². The smallest absolute Gasteiger partial charge is 0.128 e. The van der Waals surface area contributed by atoms with Crippen LogP contribution in [0, 0.1) is 0 Å². The van der Waals surface area contributed by atoms with Crippen molar-refractivity contribution in [2.45, 2.75) is 57.8 Å². The van der Waals surface area contributed by atoms with Crippen LogP contribution in [0.4, 0.5) is 0 Å². The Balaban J connectivity index is 2.06. The Morgan fingerprint density at radius 1 is 1.40 bits per heavy atom. The topological polar surface area (TPSA) is 44.5 Å². The van der Waals surface area contributed by atoms with Gasteiger partial charge in [-0.15, -0.1) is 0 Å². The van der Waals surface area contributed by atoms with Gasteiger partial charge < -0.3 is 15.2 Å². The molecule has 0 amide bonds. The first kappa shape index (κ1) is 15.8. The molecule has 0 aromatic heterocycles. The van der Waals surface area contributed by atoms with Crippen molar-refractivity contribution in [1.29, 1.82) is 0 Å². The quantitative estimate of drug-likeness (QED) is 0.854. The SMILES string of the molecule is CCCOC1C(N)CC1Oc1ccc(Br)cc1C(C)C. The molecule has 3 nitrogen and oxygen atoms in total. The van der Waals surface area contributed by atoms with Crippen LogP contribution < -0.4 is 10.5 Å². The van der Waals surface area contributed by atoms with Crippen molar-refractivity contribution in [3.05, 3.63) is 28.2 Å². The molecule has 112 valence electrons. The summed E-state index contributed by atoms with van der Waals surface area (Å²) in [6.07, 6.45) is 1.97. The van der Waals surface area contributed by atoms with Crippen LogP contribution in [-0.4, -0.2) is 24.9 Å². The molecule has 1 aromatic carbocycles. The molecule has 0 spiro atoms. The van der Waals surface area contributed by atoms with Crippen molar-refractivity contribution in [2.24, 2.45) is 5.73 Å². The van der Waals surface area contributed by atoms with E-state index in [4.69, 9.17) is 15.2 Å². The minimum Gasteiger partial charge on any atom is -0.487 e. The molecule has 0 aliphatic heterocycles. The van der Waals surface area contributed by atoms with E-state index in [9.17, 15) is 0 Å². The van der Waals surface area contributed by atoms with Gasteiger partial charge in [-0.1, -0.05) is 36.7 Å². The lowest BCUT2D eigenvalue weighted by Gasteiger charge is -2.42. The predicted molar refractivity (Wildman–Crippen MR) is 85.3 cm³/mol. The zero-order valence-corrected chi connectivity index (χ0v) is 14.0. The summed E-state index contributed by atoms with van der Waals surface area (Å²) in [6.45, 7) is 7.19. The monoisotopic (exact) mass is 341 g/mol. The standard InChI is InChI=1S/C16H24BrNO2/c1-4-7-19-16-13(18)9-15(16)20-14-6-5-11(17)8-12(14)10(2)3/h5-6,8,10,13,15-16H,4,7,9,18H2,1-3H3. The maximum atomic E-state index is 6.15. The van der Waals surface area contributed by atoms with Crippen molar-refractivity contribution >= 4 is 15.9 Å². The summed E-state index contributed by atoms with van der Waals surface area (Å²) in [7, 11) is 0. The Morgan fingerprint density at radius 2 is 2.15 bits per heavy atom. The molecule has 0 saturated heterocycles. The maximum Gasteiger partial charge on any atom is 0.128 e. The van der Waals surface area contributed by atoms with E-state index in [1.54, 1.807) is 0 Å². The molecular weight excluding hydrogens is 318 g/mol. The molecule has 3 atom stereocenters. The highest BCUT2D eigenvalue weighted by Crippen LogP contribution is 2.34. The van der Waals surface area contributed by atoms with E-state index in [0.717, 1.165) is 29.7 Å². The maximum absolute atomic E-state index is 6.15. The van der Waals surface area contributed by atoms with Crippen molar-refractivity contribution in [2.75, 3.05) is 6.61 Å². The molecule has 4 heteroatoms. The van der Waals surface area contributed by atoms with Gasteiger partial charge in [0.2, 0.25) is 0 Å². The molecule has 2 rings (SSSR count). The Kier molecular flexibility index (Phi) is 5.47. The van der Waals surface area contributed by atoms with Crippen LogP contribution in [-0.2, 0) is 4.74 Å². The van der Waals surface area contributed by atoms with Crippen LogP contribution in [0.2, 0.25) is 0 Å². The van der Waals surface area contributed by atoms with E-state index >= 15 is 0 Å². The third kappa shape index (κ3) is 3.54. The molecule has 1 aliphatic carbocycles. The highest BCUT2D eigenvalue weighted by Gasteiger charge is 2.41. The molecule has 0 bridgehead atoms. The second kappa shape index (κ2) is 6.92. The molecule has 3 unspecified atom stereocenters. The van der Waals surface area contributed by atoms with Crippen LogP contribution in [0.15, 0.2) is 22.7 Å². The van der Waals surface area contributed by atoms with Gasteiger partial charge in [-0.2, -0.15) is 0 Å². The van der Waals surface area contributed by atoms with Crippen molar-refractivity contribution in [3.63, 3.8) is 0 Å². The van der Waals surface area contributed by atoms with E-state index < -0.39 is 0 Å². The Hall–Kier alpha value is -0.580. The van der Waals surface area contributed by atoms with Crippen molar-refractivity contribution < 1.29 is 9.47 Å². The summed E-state index contributed by atoms with van der Waals surface area (Å²) in [5.74, 6) is 1.37. The second-order valence-corrected chi connectivity index (χ2v) is 6.64.